The number of hydrogen-bond acceptors (Lipinski definition) is 7. The van der Waals surface area contributed by atoms with Crippen LogP contribution >= 0.6 is 11.3 Å². The molecular formula is C21H26N6O2S. The summed E-state index contributed by atoms with van der Waals surface area (Å²) in [5, 5.41) is 27.1. The Morgan fingerprint density at radius 2 is 2.20 bits per heavy atom. The number of fused-ring (bicyclic) bond motifs is 3. The van der Waals surface area contributed by atoms with Crippen molar-refractivity contribution in [1.29, 1.82) is 10.8 Å². The van der Waals surface area contributed by atoms with Gasteiger partial charge in [0.25, 0.3) is 0 Å². The number of aromatic nitrogens is 3. The van der Waals surface area contributed by atoms with Crippen molar-refractivity contribution in [1.82, 2.24) is 19.4 Å². The minimum Gasteiger partial charge on any atom is -0.385 e. The van der Waals surface area contributed by atoms with Crippen LogP contribution in [-0.2, 0) is 4.79 Å². The Bertz CT molecular complexity index is 1080. The van der Waals surface area contributed by atoms with E-state index in [4.69, 9.17) is 10.8 Å². The highest BCUT2D eigenvalue weighted by Gasteiger charge is 2.29. The van der Waals surface area contributed by atoms with Crippen LogP contribution in [0.4, 0.5) is 0 Å². The molecule has 1 aliphatic heterocycles. The Hall–Kier alpha value is -2.65. The largest absolute Gasteiger partial charge is 0.385 e. The fourth-order valence-corrected chi connectivity index (χ4v) is 5.10. The molecule has 0 aromatic carbocycles. The molecule has 9 heteroatoms. The molecule has 4 heterocycles. The summed E-state index contributed by atoms with van der Waals surface area (Å²) >= 11 is 1.62. The van der Waals surface area contributed by atoms with Crippen molar-refractivity contribution in [3.8, 4) is 0 Å². The number of likely N-dealkylation sites (tertiary alicyclic amines) is 1. The number of thiophene rings is 1. The predicted octanol–water partition coefficient (Wildman–Crippen LogP) is 3.56. The molecule has 1 aliphatic rings. The van der Waals surface area contributed by atoms with Gasteiger partial charge in [-0.3, -0.25) is 9.78 Å². The number of amides is 1. The van der Waals surface area contributed by atoms with E-state index in [2.05, 4.69) is 14.5 Å². The standard InChI is InChI=1S/C21H26N6O2S/c1-13(28)21-25-17-11-24-16-6-8-30-20(16)19(17)27(21)15-3-2-7-26(12-15)18(29)5-4-14(9-22)10-23/h6,8-11,13-15,22-23,28H,2-5,7,12H2,1H3. The van der Waals surface area contributed by atoms with Crippen LogP contribution in [0.1, 0.15) is 50.6 Å². The zero-order chi connectivity index (χ0) is 21.3. The van der Waals surface area contributed by atoms with Gasteiger partial charge in [-0.2, -0.15) is 0 Å². The van der Waals surface area contributed by atoms with Crippen LogP contribution in [0.3, 0.4) is 0 Å². The molecule has 0 bridgehead atoms. The van der Waals surface area contributed by atoms with Gasteiger partial charge in [0, 0.05) is 37.9 Å². The highest BCUT2D eigenvalue weighted by Crippen LogP contribution is 2.35. The minimum atomic E-state index is -0.723. The number of aliphatic hydroxyl groups excluding tert-OH is 1. The topological polar surface area (TPSA) is 119 Å². The maximum absolute atomic E-state index is 12.8. The Morgan fingerprint density at radius 3 is 2.93 bits per heavy atom. The first-order chi connectivity index (χ1) is 14.5. The summed E-state index contributed by atoms with van der Waals surface area (Å²) in [4.78, 5) is 23.8. The molecule has 0 spiro atoms. The average molecular weight is 427 g/mol. The lowest BCUT2D eigenvalue weighted by atomic mass is 10.0. The van der Waals surface area contributed by atoms with E-state index in [1.807, 2.05) is 16.3 Å². The van der Waals surface area contributed by atoms with Gasteiger partial charge in [-0.15, -0.1) is 11.3 Å². The van der Waals surface area contributed by atoms with Gasteiger partial charge in [0.2, 0.25) is 5.91 Å². The molecular weight excluding hydrogens is 400 g/mol. The maximum atomic E-state index is 12.8. The molecule has 2 unspecified atom stereocenters. The van der Waals surface area contributed by atoms with E-state index < -0.39 is 6.10 Å². The summed E-state index contributed by atoms with van der Waals surface area (Å²) in [6, 6.07) is 2.02. The Balaban J connectivity index is 1.65. The summed E-state index contributed by atoms with van der Waals surface area (Å²) < 4.78 is 3.17. The first-order valence-electron chi connectivity index (χ1n) is 10.2. The molecule has 1 fully saturated rings. The number of carbonyl (C=O) groups is 1. The summed E-state index contributed by atoms with van der Waals surface area (Å²) in [6.45, 7) is 3.00. The van der Waals surface area contributed by atoms with Crippen LogP contribution in [0.2, 0.25) is 0 Å². The van der Waals surface area contributed by atoms with E-state index in [1.54, 1.807) is 24.5 Å². The molecule has 0 radical (unpaired) electrons. The maximum Gasteiger partial charge on any atom is 0.222 e. The molecule has 0 aliphatic carbocycles. The number of pyridine rings is 1. The number of nitrogens with one attached hydrogen (secondary N) is 2. The zero-order valence-electron chi connectivity index (χ0n) is 16.9. The molecule has 0 saturated carbocycles. The van der Waals surface area contributed by atoms with E-state index in [9.17, 15) is 9.90 Å². The van der Waals surface area contributed by atoms with Gasteiger partial charge < -0.3 is 25.4 Å². The highest BCUT2D eigenvalue weighted by molar-refractivity contribution is 7.18. The van der Waals surface area contributed by atoms with Crippen molar-refractivity contribution in [2.45, 2.75) is 44.8 Å². The van der Waals surface area contributed by atoms with Crippen LogP contribution in [0.15, 0.2) is 17.6 Å². The Morgan fingerprint density at radius 1 is 1.40 bits per heavy atom. The van der Waals surface area contributed by atoms with Gasteiger partial charge in [0.05, 0.1) is 28.0 Å². The van der Waals surface area contributed by atoms with E-state index in [0.717, 1.165) is 34.1 Å². The van der Waals surface area contributed by atoms with Gasteiger partial charge >= 0.3 is 0 Å². The van der Waals surface area contributed by atoms with Crippen molar-refractivity contribution in [2.75, 3.05) is 13.1 Å². The summed E-state index contributed by atoms with van der Waals surface area (Å²) in [5.74, 6) is 0.382. The lowest BCUT2D eigenvalue weighted by Crippen LogP contribution is -2.41. The lowest BCUT2D eigenvalue weighted by molar-refractivity contribution is -0.133. The smallest absolute Gasteiger partial charge is 0.222 e. The van der Waals surface area contributed by atoms with Gasteiger partial charge in [-0.05, 0) is 37.6 Å². The quantitative estimate of drug-likeness (QED) is 0.500. The normalized spacial score (nSPS) is 19.1. The number of aliphatic hydroxyl groups is 1. The molecule has 8 nitrogen and oxygen atoms in total. The third-order valence-corrected chi connectivity index (χ3v) is 6.67. The third kappa shape index (κ3) is 3.75. The average Bonchev–Trinajstić information content (AvgIpc) is 3.38. The van der Waals surface area contributed by atoms with Crippen molar-refractivity contribution in [2.24, 2.45) is 5.92 Å². The highest BCUT2D eigenvalue weighted by atomic mass is 32.1. The fourth-order valence-electron chi connectivity index (χ4n) is 4.22. The van der Waals surface area contributed by atoms with Crippen LogP contribution in [0, 0.1) is 16.7 Å². The SMILES string of the molecule is CC(O)c1nc2cnc3ccsc3c2n1C1CCCN(C(=O)CCC(C=N)C=N)C1. The van der Waals surface area contributed by atoms with Crippen molar-refractivity contribution in [3.05, 3.63) is 23.5 Å². The van der Waals surface area contributed by atoms with Crippen LogP contribution in [-0.4, -0.2) is 56.0 Å². The summed E-state index contributed by atoms with van der Waals surface area (Å²) in [5.41, 5.74) is 2.67. The van der Waals surface area contributed by atoms with Crippen molar-refractivity contribution >= 4 is 50.9 Å². The Kier molecular flexibility index (Phi) is 5.92. The minimum absolute atomic E-state index is 0.0336. The molecule has 3 N–H and O–H groups in total. The van der Waals surface area contributed by atoms with E-state index in [1.165, 1.54) is 12.4 Å². The zero-order valence-corrected chi connectivity index (χ0v) is 17.7. The van der Waals surface area contributed by atoms with Crippen molar-refractivity contribution in [3.63, 3.8) is 0 Å². The molecule has 1 saturated heterocycles. The summed E-state index contributed by atoms with van der Waals surface area (Å²) in [6.07, 6.45) is 6.07. The molecule has 158 valence electrons. The monoisotopic (exact) mass is 426 g/mol. The number of piperidine rings is 1. The van der Waals surface area contributed by atoms with Gasteiger partial charge in [-0.1, -0.05) is 0 Å². The first kappa shape index (κ1) is 20.6. The number of nitrogens with zero attached hydrogens (tertiary/aromatic N) is 4. The molecule has 2 atom stereocenters. The van der Waals surface area contributed by atoms with E-state index in [-0.39, 0.29) is 17.9 Å². The Labute approximate surface area is 178 Å². The first-order valence-corrected chi connectivity index (χ1v) is 11.1. The van der Waals surface area contributed by atoms with Crippen molar-refractivity contribution < 1.29 is 9.90 Å². The number of hydrogen-bond donors (Lipinski definition) is 3. The molecule has 4 rings (SSSR count). The number of carbonyl (C=O) groups excluding carboxylic acids is 1. The van der Waals surface area contributed by atoms with E-state index >= 15 is 0 Å². The summed E-state index contributed by atoms with van der Waals surface area (Å²) in [7, 11) is 0. The molecule has 3 aromatic heterocycles. The predicted molar refractivity (Wildman–Crippen MR) is 119 cm³/mol. The second kappa shape index (κ2) is 8.61. The molecule has 1 amide bonds. The van der Waals surface area contributed by atoms with Gasteiger partial charge in [-0.25, -0.2) is 4.98 Å². The van der Waals surface area contributed by atoms with Crippen LogP contribution in [0.25, 0.3) is 21.3 Å². The fraction of sp³-hybridized carbons (Fsp3) is 0.476. The lowest BCUT2D eigenvalue weighted by Gasteiger charge is -2.35. The van der Waals surface area contributed by atoms with Crippen LogP contribution in [0.5, 0.6) is 0 Å². The van der Waals surface area contributed by atoms with Crippen LogP contribution < -0.4 is 0 Å². The molecule has 30 heavy (non-hydrogen) atoms. The van der Waals surface area contributed by atoms with Gasteiger partial charge in [0.1, 0.15) is 17.4 Å². The second-order valence-corrected chi connectivity index (χ2v) is 8.73. The number of rotatable bonds is 7. The van der Waals surface area contributed by atoms with E-state index in [0.29, 0.717) is 31.8 Å². The third-order valence-electron chi connectivity index (χ3n) is 5.76. The van der Waals surface area contributed by atoms with Gasteiger partial charge in [0.15, 0.2) is 0 Å². The molecule has 3 aromatic rings. The number of imidazole rings is 1. The second-order valence-electron chi connectivity index (χ2n) is 7.81.